The van der Waals surface area contributed by atoms with Gasteiger partial charge in [0.1, 0.15) is 5.76 Å². The van der Waals surface area contributed by atoms with E-state index in [0.717, 1.165) is 43.4 Å². The second-order valence-electron chi connectivity index (χ2n) is 5.45. The number of furan rings is 1. The first-order valence-corrected chi connectivity index (χ1v) is 7.15. The SMILES string of the molecule is CCc1cc(C)c(C(=O)NC2CCC(CO)CC2)o1. The van der Waals surface area contributed by atoms with Crippen LogP contribution < -0.4 is 5.32 Å². The maximum Gasteiger partial charge on any atom is 0.287 e. The smallest absolute Gasteiger partial charge is 0.287 e. The van der Waals surface area contributed by atoms with Crippen LogP contribution in [-0.4, -0.2) is 23.7 Å². The van der Waals surface area contributed by atoms with E-state index in [1.807, 2.05) is 19.9 Å². The highest BCUT2D eigenvalue weighted by molar-refractivity contribution is 5.93. The molecule has 1 aromatic heterocycles. The van der Waals surface area contributed by atoms with Crippen LogP contribution in [-0.2, 0) is 6.42 Å². The Bertz CT molecular complexity index is 431. The zero-order chi connectivity index (χ0) is 13.8. The largest absolute Gasteiger partial charge is 0.456 e. The summed E-state index contributed by atoms with van der Waals surface area (Å²) in [7, 11) is 0. The highest BCUT2D eigenvalue weighted by Crippen LogP contribution is 2.24. The molecule has 1 aliphatic rings. The van der Waals surface area contributed by atoms with Gasteiger partial charge >= 0.3 is 0 Å². The molecule has 0 spiro atoms. The fourth-order valence-corrected chi connectivity index (χ4v) is 2.69. The minimum Gasteiger partial charge on any atom is -0.456 e. The highest BCUT2D eigenvalue weighted by Gasteiger charge is 2.24. The van der Waals surface area contributed by atoms with Crippen molar-refractivity contribution in [3.05, 3.63) is 23.2 Å². The predicted octanol–water partition coefficient (Wildman–Crippen LogP) is 2.43. The normalized spacial score (nSPS) is 23.3. The van der Waals surface area contributed by atoms with Gasteiger partial charge in [-0.05, 0) is 44.6 Å². The Kier molecular flexibility index (Phi) is 4.64. The summed E-state index contributed by atoms with van der Waals surface area (Å²) < 4.78 is 5.56. The van der Waals surface area contributed by atoms with E-state index in [1.165, 1.54) is 0 Å². The molecule has 1 heterocycles. The molecule has 106 valence electrons. The molecule has 2 N–H and O–H groups in total. The molecule has 0 aromatic carbocycles. The molecule has 4 heteroatoms. The van der Waals surface area contributed by atoms with Crippen molar-refractivity contribution in [1.82, 2.24) is 5.32 Å². The first kappa shape index (κ1) is 14.1. The van der Waals surface area contributed by atoms with Crippen LogP contribution >= 0.6 is 0 Å². The fourth-order valence-electron chi connectivity index (χ4n) is 2.69. The molecule has 0 radical (unpaired) electrons. The lowest BCUT2D eigenvalue weighted by molar-refractivity contribution is 0.0883. The van der Waals surface area contributed by atoms with E-state index in [1.54, 1.807) is 0 Å². The van der Waals surface area contributed by atoms with Crippen molar-refractivity contribution >= 4 is 5.91 Å². The van der Waals surface area contributed by atoms with E-state index in [4.69, 9.17) is 9.52 Å². The van der Waals surface area contributed by atoms with Crippen LogP contribution in [0.4, 0.5) is 0 Å². The number of nitrogens with one attached hydrogen (secondary N) is 1. The third kappa shape index (κ3) is 3.38. The van der Waals surface area contributed by atoms with Gasteiger partial charge in [0.05, 0.1) is 0 Å². The zero-order valence-electron chi connectivity index (χ0n) is 11.7. The Labute approximate surface area is 114 Å². The third-order valence-electron chi connectivity index (χ3n) is 3.96. The number of aliphatic hydroxyl groups excluding tert-OH is 1. The molecule has 1 fully saturated rings. The number of amides is 1. The predicted molar refractivity (Wildman–Crippen MR) is 73.1 cm³/mol. The Morgan fingerprint density at radius 2 is 2.11 bits per heavy atom. The Morgan fingerprint density at radius 1 is 1.42 bits per heavy atom. The van der Waals surface area contributed by atoms with Gasteiger partial charge in [-0.3, -0.25) is 4.79 Å². The van der Waals surface area contributed by atoms with Gasteiger partial charge in [-0.1, -0.05) is 6.92 Å². The maximum absolute atomic E-state index is 12.2. The molecule has 1 saturated carbocycles. The minimum absolute atomic E-state index is 0.107. The number of hydrogen-bond donors (Lipinski definition) is 2. The molecule has 0 unspecified atom stereocenters. The average molecular weight is 265 g/mol. The molecule has 0 bridgehead atoms. The van der Waals surface area contributed by atoms with Crippen molar-refractivity contribution in [2.45, 2.75) is 52.0 Å². The van der Waals surface area contributed by atoms with E-state index in [2.05, 4.69) is 5.32 Å². The quantitative estimate of drug-likeness (QED) is 0.879. The summed E-state index contributed by atoms with van der Waals surface area (Å²) in [6, 6.07) is 2.14. The molecule has 19 heavy (non-hydrogen) atoms. The number of rotatable bonds is 4. The second kappa shape index (κ2) is 6.24. The summed E-state index contributed by atoms with van der Waals surface area (Å²) >= 11 is 0. The van der Waals surface area contributed by atoms with Crippen LogP contribution in [0.1, 0.15) is 54.5 Å². The molecular weight excluding hydrogens is 242 g/mol. The summed E-state index contributed by atoms with van der Waals surface area (Å²) in [6.45, 7) is 4.17. The second-order valence-corrected chi connectivity index (χ2v) is 5.45. The fraction of sp³-hybridized carbons (Fsp3) is 0.667. The molecule has 4 nitrogen and oxygen atoms in total. The maximum atomic E-state index is 12.2. The van der Waals surface area contributed by atoms with Gasteiger partial charge in [0.2, 0.25) is 0 Å². The average Bonchev–Trinajstić information content (AvgIpc) is 2.81. The molecule has 0 atom stereocenters. The van der Waals surface area contributed by atoms with Gasteiger partial charge in [0, 0.05) is 24.6 Å². The molecule has 0 aliphatic heterocycles. The Hall–Kier alpha value is -1.29. The Balaban J connectivity index is 1.92. The highest BCUT2D eigenvalue weighted by atomic mass is 16.4. The van der Waals surface area contributed by atoms with Gasteiger partial charge in [0.15, 0.2) is 5.76 Å². The number of aliphatic hydroxyl groups is 1. The molecule has 2 rings (SSSR count). The molecule has 1 amide bonds. The first-order chi connectivity index (χ1) is 9.13. The van der Waals surface area contributed by atoms with Crippen LogP contribution in [0.2, 0.25) is 0 Å². The number of carbonyl (C=O) groups is 1. The van der Waals surface area contributed by atoms with Crippen molar-refractivity contribution in [2.75, 3.05) is 6.61 Å². The lowest BCUT2D eigenvalue weighted by atomic mass is 9.86. The van der Waals surface area contributed by atoms with Crippen LogP contribution in [0.15, 0.2) is 10.5 Å². The van der Waals surface area contributed by atoms with Gasteiger partial charge in [0.25, 0.3) is 5.91 Å². The van der Waals surface area contributed by atoms with Gasteiger partial charge < -0.3 is 14.8 Å². The van der Waals surface area contributed by atoms with Crippen LogP contribution in [0.25, 0.3) is 0 Å². The van der Waals surface area contributed by atoms with E-state index in [0.29, 0.717) is 11.7 Å². The monoisotopic (exact) mass is 265 g/mol. The van der Waals surface area contributed by atoms with Crippen LogP contribution in [0.5, 0.6) is 0 Å². The van der Waals surface area contributed by atoms with Crippen LogP contribution in [0.3, 0.4) is 0 Å². The van der Waals surface area contributed by atoms with Crippen molar-refractivity contribution in [3.8, 4) is 0 Å². The van der Waals surface area contributed by atoms with Crippen molar-refractivity contribution in [1.29, 1.82) is 0 Å². The minimum atomic E-state index is -0.107. The summed E-state index contributed by atoms with van der Waals surface area (Å²) in [5.41, 5.74) is 0.901. The lowest BCUT2D eigenvalue weighted by Crippen LogP contribution is -2.38. The summed E-state index contributed by atoms with van der Waals surface area (Å²) in [5, 5.41) is 12.1. The van der Waals surface area contributed by atoms with Gasteiger partial charge in [-0.2, -0.15) is 0 Å². The van der Waals surface area contributed by atoms with E-state index >= 15 is 0 Å². The summed E-state index contributed by atoms with van der Waals surface area (Å²) in [6.07, 6.45) is 4.65. The third-order valence-corrected chi connectivity index (χ3v) is 3.96. The van der Waals surface area contributed by atoms with Gasteiger partial charge in [-0.25, -0.2) is 0 Å². The first-order valence-electron chi connectivity index (χ1n) is 7.15. The number of carbonyl (C=O) groups excluding carboxylic acids is 1. The zero-order valence-corrected chi connectivity index (χ0v) is 11.7. The molecular formula is C15H23NO3. The Morgan fingerprint density at radius 3 is 2.63 bits per heavy atom. The van der Waals surface area contributed by atoms with Crippen LogP contribution in [0, 0.1) is 12.8 Å². The molecule has 1 aromatic rings. The van der Waals surface area contributed by atoms with Crippen molar-refractivity contribution in [3.63, 3.8) is 0 Å². The standard InChI is InChI=1S/C15H23NO3/c1-3-13-8-10(2)14(19-13)15(18)16-12-6-4-11(9-17)5-7-12/h8,11-12,17H,3-7,9H2,1-2H3,(H,16,18). The van der Waals surface area contributed by atoms with E-state index in [-0.39, 0.29) is 18.6 Å². The summed E-state index contributed by atoms with van der Waals surface area (Å²) in [4.78, 5) is 12.2. The van der Waals surface area contributed by atoms with Crippen molar-refractivity contribution in [2.24, 2.45) is 5.92 Å². The van der Waals surface area contributed by atoms with E-state index < -0.39 is 0 Å². The lowest BCUT2D eigenvalue weighted by Gasteiger charge is -2.27. The van der Waals surface area contributed by atoms with Crippen molar-refractivity contribution < 1.29 is 14.3 Å². The molecule has 1 aliphatic carbocycles. The molecule has 0 saturated heterocycles. The topological polar surface area (TPSA) is 62.5 Å². The summed E-state index contributed by atoms with van der Waals surface area (Å²) in [5.74, 6) is 1.60. The number of hydrogen-bond acceptors (Lipinski definition) is 3. The van der Waals surface area contributed by atoms with E-state index in [9.17, 15) is 4.79 Å². The van der Waals surface area contributed by atoms with Gasteiger partial charge in [-0.15, -0.1) is 0 Å². The number of aryl methyl sites for hydroxylation is 2.